The van der Waals surface area contributed by atoms with Crippen LogP contribution < -0.4 is 4.74 Å². The second-order valence-corrected chi connectivity index (χ2v) is 7.90. The number of hydrogen-bond acceptors (Lipinski definition) is 4. The van der Waals surface area contributed by atoms with Gasteiger partial charge in [-0.05, 0) is 42.2 Å². The quantitative estimate of drug-likeness (QED) is 0.470. The first kappa shape index (κ1) is 22.9. The molecule has 2 aromatic carbocycles. The summed E-state index contributed by atoms with van der Waals surface area (Å²) in [6.45, 7) is 6.87. The van der Waals surface area contributed by atoms with E-state index in [0.717, 1.165) is 15.6 Å². The summed E-state index contributed by atoms with van der Waals surface area (Å²) in [5.41, 5.74) is 2.03. The second kappa shape index (κ2) is 11.6. The summed E-state index contributed by atoms with van der Waals surface area (Å²) < 4.78 is 11.8. The molecule has 0 bridgehead atoms. The third-order valence-corrected chi connectivity index (χ3v) is 4.90. The molecule has 0 N–H and O–H groups in total. The monoisotopic (exact) mass is 461 g/mol. The number of halogens is 1. The lowest BCUT2D eigenvalue weighted by Gasteiger charge is -2.23. The van der Waals surface area contributed by atoms with Crippen LogP contribution in [0.5, 0.6) is 5.75 Å². The zero-order valence-electron chi connectivity index (χ0n) is 17.2. The smallest absolute Gasteiger partial charge is 0.307 e. The highest BCUT2D eigenvalue weighted by Gasteiger charge is 2.18. The van der Waals surface area contributed by atoms with Crippen LogP contribution in [0.25, 0.3) is 0 Å². The van der Waals surface area contributed by atoms with Crippen molar-refractivity contribution in [3.8, 4) is 5.75 Å². The number of benzene rings is 2. The minimum absolute atomic E-state index is 0.0863. The molecule has 0 spiro atoms. The number of carbonyl (C=O) groups excluding carboxylic acids is 2. The Morgan fingerprint density at radius 1 is 1.10 bits per heavy atom. The van der Waals surface area contributed by atoms with Crippen LogP contribution in [0, 0.1) is 0 Å². The maximum Gasteiger partial charge on any atom is 0.307 e. The van der Waals surface area contributed by atoms with Gasteiger partial charge in [0.25, 0.3) is 5.91 Å². The van der Waals surface area contributed by atoms with E-state index in [1.165, 1.54) is 0 Å². The Morgan fingerprint density at radius 3 is 2.48 bits per heavy atom. The van der Waals surface area contributed by atoms with Crippen LogP contribution in [0.2, 0.25) is 0 Å². The van der Waals surface area contributed by atoms with Crippen molar-refractivity contribution in [3.05, 3.63) is 64.1 Å². The number of amides is 1. The van der Waals surface area contributed by atoms with Gasteiger partial charge in [-0.2, -0.15) is 0 Å². The normalized spacial score (nSPS) is 10.7. The fraction of sp³-hybridized carbons (Fsp3) is 0.391. The van der Waals surface area contributed by atoms with Gasteiger partial charge in [0.2, 0.25) is 0 Å². The molecule has 0 fully saturated rings. The number of nitrogens with zero attached hydrogens (tertiary/aromatic N) is 1. The Bertz CT molecular complexity index is 808. The first-order chi connectivity index (χ1) is 13.9. The Kier molecular flexibility index (Phi) is 9.19. The highest BCUT2D eigenvalue weighted by molar-refractivity contribution is 9.10. The fourth-order valence-electron chi connectivity index (χ4n) is 2.89. The van der Waals surface area contributed by atoms with Crippen LogP contribution >= 0.6 is 15.9 Å². The average Bonchev–Trinajstić information content (AvgIpc) is 2.70. The summed E-state index contributed by atoms with van der Waals surface area (Å²) in [6, 6.07) is 15.5. The molecule has 5 nitrogen and oxygen atoms in total. The van der Waals surface area contributed by atoms with E-state index in [9.17, 15) is 9.59 Å². The topological polar surface area (TPSA) is 55.8 Å². The summed E-state index contributed by atoms with van der Waals surface area (Å²) >= 11 is 3.48. The van der Waals surface area contributed by atoms with Gasteiger partial charge >= 0.3 is 5.97 Å². The number of carbonyl (C=O) groups is 2. The molecule has 6 heteroatoms. The van der Waals surface area contributed by atoms with E-state index in [4.69, 9.17) is 9.47 Å². The maximum absolute atomic E-state index is 12.9. The molecule has 1 amide bonds. The van der Waals surface area contributed by atoms with E-state index < -0.39 is 0 Å². The van der Waals surface area contributed by atoms with Gasteiger partial charge in [0.05, 0.1) is 13.0 Å². The van der Waals surface area contributed by atoms with Gasteiger partial charge in [-0.3, -0.25) is 9.59 Å². The zero-order chi connectivity index (χ0) is 21.2. The standard InChI is InChI=1S/C23H28BrNO4/c1-4-28-23(27)12-13-25(15-18-8-6-5-7-9-18)22(26)16-29-21-11-10-19(24)14-20(21)17(2)3/h5-11,14,17H,4,12-13,15-16H2,1-3H3. The van der Waals surface area contributed by atoms with Crippen molar-refractivity contribution < 1.29 is 19.1 Å². The second-order valence-electron chi connectivity index (χ2n) is 6.98. The molecule has 0 saturated carbocycles. The minimum atomic E-state index is -0.311. The average molecular weight is 462 g/mol. The highest BCUT2D eigenvalue weighted by atomic mass is 79.9. The van der Waals surface area contributed by atoms with Crippen LogP contribution in [0.4, 0.5) is 0 Å². The number of esters is 1. The van der Waals surface area contributed by atoms with Gasteiger partial charge in [0.1, 0.15) is 5.75 Å². The van der Waals surface area contributed by atoms with Crippen molar-refractivity contribution in [1.29, 1.82) is 0 Å². The molecular weight excluding hydrogens is 434 g/mol. The molecule has 0 aliphatic rings. The molecule has 29 heavy (non-hydrogen) atoms. The summed E-state index contributed by atoms with van der Waals surface area (Å²) in [5.74, 6) is 0.480. The van der Waals surface area contributed by atoms with Crippen molar-refractivity contribution in [2.75, 3.05) is 19.8 Å². The zero-order valence-corrected chi connectivity index (χ0v) is 18.8. The summed E-state index contributed by atoms with van der Waals surface area (Å²) in [4.78, 5) is 26.3. The van der Waals surface area contributed by atoms with E-state index >= 15 is 0 Å². The molecule has 0 atom stereocenters. The first-order valence-corrected chi connectivity index (χ1v) is 10.6. The van der Waals surface area contributed by atoms with Gasteiger partial charge in [-0.1, -0.05) is 60.1 Å². The SMILES string of the molecule is CCOC(=O)CCN(Cc1ccccc1)C(=O)COc1ccc(Br)cc1C(C)C. The lowest BCUT2D eigenvalue weighted by molar-refractivity contribution is -0.144. The van der Waals surface area contributed by atoms with Crippen molar-refractivity contribution in [2.45, 2.75) is 39.7 Å². The van der Waals surface area contributed by atoms with Gasteiger partial charge in [-0.25, -0.2) is 0 Å². The predicted octanol–water partition coefficient (Wildman–Crippen LogP) is 4.93. The third-order valence-electron chi connectivity index (χ3n) is 4.41. The van der Waals surface area contributed by atoms with Gasteiger partial charge in [0, 0.05) is 17.6 Å². The fourth-order valence-corrected chi connectivity index (χ4v) is 3.27. The maximum atomic E-state index is 12.9. The van der Waals surface area contributed by atoms with E-state index in [0.29, 0.717) is 18.9 Å². The highest BCUT2D eigenvalue weighted by Crippen LogP contribution is 2.29. The lowest BCUT2D eigenvalue weighted by Crippen LogP contribution is -2.36. The molecule has 0 aliphatic carbocycles. The van der Waals surface area contributed by atoms with Crippen LogP contribution in [0.1, 0.15) is 44.2 Å². The Labute approximate surface area is 181 Å². The third kappa shape index (κ3) is 7.54. The molecule has 0 radical (unpaired) electrons. The molecule has 156 valence electrons. The van der Waals surface area contributed by atoms with Crippen LogP contribution in [-0.4, -0.2) is 36.5 Å². The van der Waals surface area contributed by atoms with E-state index in [2.05, 4.69) is 29.8 Å². The largest absolute Gasteiger partial charge is 0.483 e. The Hall–Kier alpha value is -2.34. The number of rotatable bonds is 10. The van der Waals surface area contributed by atoms with Crippen LogP contribution in [0.3, 0.4) is 0 Å². The molecule has 0 unspecified atom stereocenters. The van der Waals surface area contributed by atoms with Crippen molar-refractivity contribution in [3.63, 3.8) is 0 Å². The predicted molar refractivity (Wildman–Crippen MR) is 117 cm³/mol. The van der Waals surface area contributed by atoms with Gasteiger partial charge in [-0.15, -0.1) is 0 Å². The van der Waals surface area contributed by atoms with Crippen molar-refractivity contribution >= 4 is 27.8 Å². The first-order valence-electron chi connectivity index (χ1n) is 9.80. The molecule has 0 heterocycles. The summed E-state index contributed by atoms with van der Waals surface area (Å²) in [7, 11) is 0. The number of hydrogen-bond donors (Lipinski definition) is 0. The molecule has 0 aromatic heterocycles. The van der Waals surface area contributed by atoms with Crippen LogP contribution in [-0.2, 0) is 20.9 Å². The summed E-state index contributed by atoms with van der Waals surface area (Å²) in [5, 5.41) is 0. The minimum Gasteiger partial charge on any atom is -0.483 e. The van der Waals surface area contributed by atoms with E-state index in [1.807, 2.05) is 48.5 Å². The number of ether oxygens (including phenoxy) is 2. The van der Waals surface area contributed by atoms with Crippen LogP contribution in [0.15, 0.2) is 53.0 Å². The molecule has 0 aliphatic heterocycles. The van der Waals surface area contributed by atoms with E-state index in [1.54, 1.807) is 11.8 Å². The van der Waals surface area contributed by atoms with Crippen molar-refractivity contribution in [2.24, 2.45) is 0 Å². The van der Waals surface area contributed by atoms with E-state index in [-0.39, 0.29) is 37.4 Å². The molecule has 2 rings (SSSR count). The molecule has 0 saturated heterocycles. The Morgan fingerprint density at radius 2 is 1.83 bits per heavy atom. The lowest BCUT2D eigenvalue weighted by atomic mass is 10.0. The Balaban J connectivity index is 2.07. The van der Waals surface area contributed by atoms with Gasteiger partial charge in [0.15, 0.2) is 6.61 Å². The van der Waals surface area contributed by atoms with Crippen molar-refractivity contribution in [1.82, 2.24) is 4.90 Å². The molecular formula is C23H28BrNO4. The van der Waals surface area contributed by atoms with Gasteiger partial charge < -0.3 is 14.4 Å². The summed E-state index contributed by atoms with van der Waals surface area (Å²) in [6.07, 6.45) is 0.155. The molecule has 2 aromatic rings.